The van der Waals surface area contributed by atoms with Crippen LogP contribution in [0.15, 0.2) is 35.6 Å². The molecule has 3 aliphatic rings. The van der Waals surface area contributed by atoms with Crippen molar-refractivity contribution >= 4 is 11.5 Å². The van der Waals surface area contributed by atoms with Gasteiger partial charge in [-0.25, -0.2) is 0 Å². The fourth-order valence-electron chi connectivity index (χ4n) is 3.66. The molecule has 3 heteroatoms. The number of para-hydroxylation sites is 1. The molecule has 1 aromatic carbocycles. The predicted molar refractivity (Wildman–Crippen MR) is 73.0 cm³/mol. The molecule has 2 unspecified atom stereocenters. The zero-order valence-electron chi connectivity index (χ0n) is 11.1. The van der Waals surface area contributed by atoms with Gasteiger partial charge in [0, 0.05) is 43.5 Å². The number of fused-ring (bicyclic) bond motifs is 5. The van der Waals surface area contributed by atoms with Gasteiger partial charge in [-0.2, -0.15) is 0 Å². The van der Waals surface area contributed by atoms with Gasteiger partial charge < -0.3 is 9.64 Å². The van der Waals surface area contributed by atoms with Crippen molar-refractivity contribution in [1.82, 2.24) is 0 Å². The molecule has 2 heterocycles. The number of hydrogen-bond donors (Lipinski definition) is 0. The van der Waals surface area contributed by atoms with Crippen LogP contribution < -0.4 is 4.90 Å². The Morgan fingerprint density at radius 3 is 3.00 bits per heavy atom. The quantitative estimate of drug-likeness (QED) is 0.713. The number of carbonyl (C=O) groups excluding carboxylic acids is 1. The molecule has 4 rings (SSSR count). The van der Waals surface area contributed by atoms with Crippen LogP contribution in [0, 0.1) is 0 Å². The average Bonchev–Trinajstić information content (AvgIpc) is 2.44. The van der Waals surface area contributed by atoms with E-state index in [0.29, 0.717) is 12.2 Å². The van der Waals surface area contributed by atoms with Crippen LogP contribution in [-0.4, -0.2) is 19.1 Å². The maximum atomic E-state index is 12.3. The second-order valence-electron chi connectivity index (χ2n) is 5.64. The van der Waals surface area contributed by atoms with Crippen LogP contribution in [0.4, 0.5) is 5.69 Å². The highest BCUT2D eigenvalue weighted by Crippen LogP contribution is 2.48. The molecule has 98 valence electrons. The van der Waals surface area contributed by atoms with Crippen LogP contribution in [0.2, 0.25) is 0 Å². The second-order valence-corrected chi connectivity index (χ2v) is 5.64. The van der Waals surface area contributed by atoms with Crippen LogP contribution in [0.25, 0.3) is 0 Å². The molecule has 0 N–H and O–H groups in total. The summed E-state index contributed by atoms with van der Waals surface area (Å²) in [4.78, 5) is 14.5. The third kappa shape index (κ3) is 1.47. The number of carbonyl (C=O) groups is 1. The number of anilines is 1. The van der Waals surface area contributed by atoms with Gasteiger partial charge in [0.05, 0.1) is 0 Å². The van der Waals surface area contributed by atoms with E-state index in [4.69, 9.17) is 4.74 Å². The normalized spacial score (nSPS) is 28.7. The van der Waals surface area contributed by atoms with E-state index in [1.807, 2.05) is 6.07 Å². The lowest BCUT2D eigenvalue weighted by Gasteiger charge is -2.45. The molecule has 0 fully saturated rings. The summed E-state index contributed by atoms with van der Waals surface area (Å²) in [6.45, 7) is 0. The van der Waals surface area contributed by atoms with Crippen LogP contribution in [-0.2, 0) is 9.53 Å². The van der Waals surface area contributed by atoms with E-state index >= 15 is 0 Å². The van der Waals surface area contributed by atoms with Gasteiger partial charge in [0.1, 0.15) is 5.76 Å². The Morgan fingerprint density at radius 1 is 1.26 bits per heavy atom. The largest absolute Gasteiger partial charge is 0.474 e. The van der Waals surface area contributed by atoms with Crippen molar-refractivity contribution in [3.8, 4) is 0 Å². The number of ketones is 1. The van der Waals surface area contributed by atoms with E-state index in [1.54, 1.807) is 0 Å². The molecule has 2 aliphatic heterocycles. The zero-order valence-corrected chi connectivity index (χ0v) is 11.1. The van der Waals surface area contributed by atoms with E-state index < -0.39 is 0 Å². The molecule has 0 aromatic heterocycles. The van der Waals surface area contributed by atoms with E-state index in [-0.39, 0.29) is 12.1 Å². The van der Waals surface area contributed by atoms with Crippen LogP contribution in [0.5, 0.6) is 0 Å². The first-order valence-electron chi connectivity index (χ1n) is 7.00. The Bertz CT molecular complexity index is 590. The monoisotopic (exact) mass is 255 g/mol. The lowest BCUT2D eigenvalue weighted by Crippen LogP contribution is -2.44. The van der Waals surface area contributed by atoms with Crippen molar-refractivity contribution in [2.75, 3.05) is 11.9 Å². The van der Waals surface area contributed by atoms with Gasteiger partial charge >= 0.3 is 0 Å². The van der Waals surface area contributed by atoms with E-state index in [0.717, 1.165) is 30.6 Å². The van der Waals surface area contributed by atoms with E-state index in [2.05, 4.69) is 30.1 Å². The molecule has 0 radical (unpaired) electrons. The Balaban J connectivity index is 1.91. The topological polar surface area (TPSA) is 29.5 Å². The molecule has 3 nitrogen and oxygen atoms in total. The maximum Gasteiger partial charge on any atom is 0.172 e. The smallest absolute Gasteiger partial charge is 0.172 e. The second kappa shape index (κ2) is 3.86. The maximum absolute atomic E-state index is 12.3. The standard InChI is InChI=1S/C16H17NO2/c1-17-12-6-3-2-5-10(12)11-9-15(17)19-14-8-4-7-13(18)16(11)14/h2-3,5-6,11,15H,4,7-9H2,1H3. The summed E-state index contributed by atoms with van der Waals surface area (Å²) >= 11 is 0. The Kier molecular flexibility index (Phi) is 2.25. The fraction of sp³-hybridized carbons (Fsp3) is 0.438. The highest BCUT2D eigenvalue weighted by Gasteiger charge is 2.42. The number of rotatable bonds is 0. The number of nitrogens with zero attached hydrogens (tertiary/aromatic N) is 1. The van der Waals surface area contributed by atoms with Crippen LogP contribution >= 0.6 is 0 Å². The van der Waals surface area contributed by atoms with Crippen molar-refractivity contribution in [2.45, 2.75) is 37.8 Å². The van der Waals surface area contributed by atoms with Gasteiger partial charge in [-0.15, -0.1) is 0 Å². The third-order valence-electron chi connectivity index (χ3n) is 4.60. The summed E-state index contributed by atoms with van der Waals surface area (Å²) < 4.78 is 6.09. The summed E-state index contributed by atoms with van der Waals surface area (Å²) in [5, 5.41) is 0. The summed E-state index contributed by atoms with van der Waals surface area (Å²) in [5.74, 6) is 1.50. The number of allylic oxidation sites excluding steroid dienone is 2. The molecular weight excluding hydrogens is 238 g/mol. The van der Waals surface area contributed by atoms with E-state index in [1.165, 1.54) is 11.3 Å². The fourth-order valence-corrected chi connectivity index (χ4v) is 3.66. The Morgan fingerprint density at radius 2 is 2.11 bits per heavy atom. The van der Waals surface area contributed by atoms with Gasteiger partial charge in [-0.05, 0) is 18.1 Å². The lowest BCUT2D eigenvalue weighted by molar-refractivity contribution is -0.117. The molecule has 0 amide bonds. The van der Waals surface area contributed by atoms with Crippen molar-refractivity contribution in [2.24, 2.45) is 0 Å². The van der Waals surface area contributed by atoms with Gasteiger partial charge in [0.15, 0.2) is 12.0 Å². The SMILES string of the molecule is CN1c2ccccc2C2CC1OC1=C2C(=O)CCC1. The summed E-state index contributed by atoms with van der Waals surface area (Å²) in [5.41, 5.74) is 3.45. The molecule has 0 saturated heterocycles. The Labute approximate surface area is 112 Å². The van der Waals surface area contributed by atoms with Gasteiger partial charge in [0.25, 0.3) is 0 Å². The number of ether oxygens (including phenoxy) is 1. The first kappa shape index (κ1) is 11.1. The molecule has 1 aliphatic carbocycles. The highest BCUT2D eigenvalue weighted by molar-refractivity contribution is 5.98. The first-order chi connectivity index (χ1) is 9.25. The van der Waals surface area contributed by atoms with Crippen molar-refractivity contribution in [3.05, 3.63) is 41.2 Å². The van der Waals surface area contributed by atoms with Crippen molar-refractivity contribution < 1.29 is 9.53 Å². The predicted octanol–water partition coefficient (Wildman–Crippen LogP) is 2.97. The number of benzene rings is 1. The van der Waals surface area contributed by atoms with Gasteiger partial charge in [0.2, 0.25) is 0 Å². The summed E-state index contributed by atoms with van der Waals surface area (Å²) in [6, 6.07) is 8.39. The van der Waals surface area contributed by atoms with Crippen LogP contribution in [0.3, 0.4) is 0 Å². The molecule has 1 aromatic rings. The number of hydrogen-bond acceptors (Lipinski definition) is 3. The molecule has 19 heavy (non-hydrogen) atoms. The average molecular weight is 255 g/mol. The Hall–Kier alpha value is -1.77. The summed E-state index contributed by atoms with van der Waals surface area (Å²) in [6.07, 6.45) is 3.52. The van der Waals surface area contributed by atoms with Gasteiger partial charge in [-0.1, -0.05) is 18.2 Å². The van der Waals surface area contributed by atoms with E-state index in [9.17, 15) is 4.79 Å². The van der Waals surface area contributed by atoms with Crippen molar-refractivity contribution in [1.29, 1.82) is 0 Å². The first-order valence-corrected chi connectivity index (χ1v) is 7.00. The molecule has 0 spiro atoms. The highest BCUT2D eigenvalue weighted by atomic mass is 16.5. The van der Waals surface area contributed by atoms with Gasteiger partial charge in [-0.3, -0.25) is 4.79 Å². The number of Topliss-reactive ketones (excluding diaryl/α,β-unsaturated/α-hetero) is 1. The molecule has 0 saturated carbocycles. The lowest BCUT2D eigenvalue weighted by atomic mass is 9.76. The summed E-state index contributed by atoms with van der Waals surface area (Å²) in [7, 11) is 2.08. The molecule has 2 bridgehead atoms. The molecular formula is C16H17NO2. The minimum atomic E-state index is 0.0875. The minimum Gasteiger partial charge on any atom is -0.474 e. The van der Waals surface area contributed by atoms with Crippen molar-refractivity contribution in [3.63, 3.8) is 0 Å². The molecule has 2 atom stereocenters. The zero-order chi connectivity index (χ0) is 13.0. The van der Waals surface area contributed by atoms with Crippen LogP contribution in [0.1, 0.15) is 37.2 Å². The minimum absolute atomic E-state index is 0.0875. The third-order valence-corrected chi connectivity index (χ3v) is 4.60.